The van der Waals surface area contributed by atoms with Crippen molar-refractivity contribution in [1.29, 1.82) is 0 Å². The highest BCUT2D eigenvalue weighted by Crippen LogP contribution is 2.19. The van der Waals surface area contributed by atoms with E-state index in [1.54, 1.807) is 6.07 Å². The SMILES string of the molecule is CCN1CCN(c2ncc(C(=O)O)cc2C)CC1. The predicted octanol–water partition coefficient (Wildman–Crippen LogP) is 1.23. The number of hydrogen-bond acceptors (Lipinski definition) is 4. The van der Waals surface area contributed by atoms with Gasteiger partial charge in [0, 0.05) is 32.4 Å². The number of aromatic carboxylic acids is 1. The molecule has 0 atom stereocenters. The van der Waals surface area contributed by atoms with Crippen LogP contribution in [0, 0.1) is 6.92 Å². The van der Waals surface area contributed by atoms with E-state index in [2.05, 4.69) is 21.7 Å². The summed E-state index contributed by atoms with van der Waals surface area (Å²) in [7, 11) is 0. The topological polar surface area (TPSA) is 56.7 Å². The molecule has 5 nitrogen and oxygen atoms in total. The summed E-state index contributed by atoms with van der Waals surface area (Å²) in [5.41, 5.74) is 1.18. The van der Waals surface area contributed by atoms with Crippen LogP contribution >= 0.6 is 0 Å². The van der Waals surface area contributed by atoms with Crippen LogP contribution in [0.2, 0.25) is 0 Å². The third-order valence-corrected chi connectivity index (χ3v) is 3.42. The number of aromatic nitrogens is 1. The summed E-state index contributed by atoms with van der Waals surface area (Å²) in [4.78, 5) is 19.8. The summed E-state index contributed by atoms with van der Waals surface area (Å²) in [6, 6.07) is 1.69. The highest BCUT2D eigenvalue weighted by atomic mass is 16.4. The molecule has 1 aromatic rings. The Labute approximate surface area is 107 Å². The minimum atomic E-state index is -0.923. The first kappa shape index (κ1) is 12.8. The zero-order chi connectivity index (χ0) is 13.1. The molecule has 0 unspecified atom stereocenters. The van der Waals surface area contributed by atoms with Gasteiger partial charge in [-0.25, -0.2) is 9.78 Å². The van der Waals surface area contributed by atoms with Crippen molar-refractivity contribution in [3.8, 4) is 0 Å². The zero-order valence-corrected chi connectivity index (χ0v) is 10.9. The van der Waals surface area contributed by atoms with E-state index in [0.717, 1.165) is 44.1 Å². The molecule has 0 bridgehead atoms. The number of nitrogens with zero attached hydrogens (tertiary/aromatic N) is 3. The van der Waals surface area contributed by atoms with Crippen molar-refractivity contribution < 1.29 is 9.90 Å². The molecule has 0 aromatic carbocycles. The lowest BCUT2D eigenvalue weighted by atomic mass is 10.2. The van der Waals surface area contributed by atoms with Gasteiger partial charge in [0.05, 0.1) is 5.56 Å². The predicted molar refractivity (Wildman–Crippen MR) is 70.3 cm³/mol. The second-order valence-electron chi connectivity index (χ2n) is 4.59. The number of rotatable bonds is 3. The van der Waals surface area contributed by atoms with Crippen molar-refractivity contribution in [2.75, 3.05) is 37.6 Å². The number of piperazine rings is 1. The summed E-state index contributed by atoms with van der Waals surface area (Å²) in [5, 5.41) is 8.92. The van der Waals surface area contributed by atoms with Crippen LogP contribution in [-0.2, 0) is 0 Å². The van der Waals surface area contributed by atoms with E-state index < -0.39 is 5.97 Å². The van der Waals surface area contributed by atoms with Gasteiger partial charge < -0.3 is 14.9 Å². The molecule has 0 spiro atoms. The van der Waals surface area contributed by atoms with Crippen molar-refractivity contribution in [3.05, 3.63) is 23.4 Å². The molecule has 0 radical (unpaired) electrons. The Kier molecular flexibility index (Phi) is 3.81. The molecule has 5 heteroatoms. The quantitative estimate of drug-likeness (QED) is 0.873. The van der Waals surface area contributed by atoms with Crippen LogP contribution in [0.4, 0.5) is 5.82 Å². The Hall–Kier alpha value is -1.62. The number of carbonyl (C=O) groups is 1. The summed E-state index contributed by atoms with van der Waals surface area (Å²) < 4.78 is 0. The van der Waals surface area contributed by atoms with Crippen LogP contribution in [0.3, 0.4) is 0 Å². The molecule has 1 saturated heterocycles. The van der Waals surface area contributed by atoms with E-state index in [9.17, 15) is 4.79 Å². The zero-order valence-electron chi connectivity index (χ0n) is 10.9. The van der Waals surface area contributed by atoms with Gasteiger partial charge in [-0.1, -0.05) is 6.92 Å². The summed E-state index contributed by atoms with van der Waals surface area (Å²) in [6.07, 6.45) is 1.44. The first-order valence-corrected chi connectivity index (χ1v) is 6.29. The van der Waals surface area contributed by atoms with Crippen LogP contribution < -0.4 is 4.90 Å². The van der Waals surface area contributed by atoms with E-state index in [1.807, 2.05) is 6.92 Å². The van der Waals surface area contributed by atoms with Crippen LogP contribution in [0.1, 0.15) is 22.8 Å². The molecule has 18 heavy (non-hydrogen) atoms. The van der Waals surface area contributed by atoms with Crippen LogP contribution in [0.5, 0.6) is 0 Å². The van der Waals surface area contributed by atoms with Crippen molar-refractivity contribution in [1.82, 2.24) is 9.88 Å². The maximum atomic E-state index is 10.9. The molecule has 2 rings (SSSR count). The molecule has 0 amide bonds. The molecule has 1 N–H and O–H groups in total. The van der Waals surface area contributed by atoms with Crippen molar-refractivity contribution in [3.63, 3.8) is 0 Å². The second-order valence-corrected chi connectivity index (χ2v) is 4.59. The van der Waals surface area contributed by atoms with Gasteiger partial charge in [-0.3, -0.25) is 0 Å². The standard InChI is InChI=1S/C13H19N3O2/c1-3-15-4-6-16(7-5-15)12-10(2)8-11(9-14-12)13(17)18/h8-9H,3-7H2,1-2H3,(H,17,18). The first-order chi connectivity index (χ1) is 8.61. The van der Waals surface area contributed by atoms with Gasteiger partial charge in [0.15, 0.2) is 0 Å². The Balaban J connectivity index is 2.12. The number of carboxylic acid groups (broad SMARTS) is 1. The second kappa shape index (κ2) is 5.35. The number of hydrogen-bond donors (Lipinski definition) is 1. The fourth-order valence-corrected chi connectivity index (χ4v) is 2.29. The molecule has 1 aromatic heterocycles. The maximum Gasteiger partial charge on any atom is 0.337 e. The third kappa shape index (κ3) is 2.61. The average molecular weight is 249 g/mol. The molecular weight excluding hydrogens is 230 g/mol. The van der Waals surface area contributed by atoms with Crippen LogP contribution in [-0.4, -0.2) is 53.7 Å². The van der Waals surface area contributed by atoms with E-state index in [1.165, 1.54) is 6.20 Å². The molecule has 1 fully saturated rings. The Bertz CT molecular complexity index is 440. The fourth-order valence-electron chi connectivity index (χ4n) is 2.29. The van der Waals surface area contributed by atoms with E-state index >= 15 is 0 Å². The molecule has 1 aliphatic heterocycles. The lowest BCUT2D eigenvalue weighted by Gasteiger charge is -2.35. The maximum absolute atomic E-state index is 10.9. The Morgan fingerprint density at radius 2 is 2.06 bits per heavy atom. The van der Waals surface area contributed by atoms with Crippen molar-refractivity contribution >= 4 is 11.8 Å². The van der Waals surface area contributed by atoms with Crippen molar-refractivity contribution in [2.24, 2.45) is 0 Å². The minimum absolute atomic E-state index is 0.253. The molecule has 0 aliphatic carbocycles. The molecule has 2 heterocycles. The highest BCUT2D eigenvalue weighted by molar-refractivity contribution is 5.87. The van der Waals surface area contributed by atoms with Gasteiger partial charge in [0.1, 0.15) is 5.82 Å². The average Bonchev–Trinajstić information content (AvgIpc) is 2.38. The Morgan fingerprint density at radius 1 is 1.39 bits per heavy atom. The van der Waals surface area contributed by atoms with Gasteiger partial charge in [0.25, 0.3) is 0 Å². The van der Waals surface area contributed by atoms with Gasteiger partial charge in [-0.2, -0.15) is 0 Å². The monoisotopic (exact) mass is 249 g/mol. The molecule has 1 aliphatic rings. The lowest BCUT2D eigenvalue weighted by molar-refractivity contribution is 0.0696. The number of aryl methyl sites for hydroxylation is 1. The minimum Gasteiger partial charge on any atom is -0.478 e. The first-order valence-electron chi connectivity index (χ1n) is 6.29. The van der Waals surface area contributed by atoms with Crippen molar-refractivity contribution in [2.45, 2.75) is 13.8 Å². The summed E-state index contributed by atoms with van der Waals surface area (Å²) >= 11 is 0. The largest absolute Gasteiger partial charge is 0.478 e. The normalized spacial score (nSPS) is 16.9. The Morgan fingerprint density at radius 3 is 2.56 bits per heavy atom. The van der Waals surface area contributed by atoms with E-state index in [0.29, 0.717) is 0 Å². The third-order valence-electron chi connectivity index (χ3n) is 3.42. The summed E-state index contributed by atoms with van der Waals surface area (Å²) in [6.45, 7) is 9.15. The van der Waals surface area contributed by atoms with Crippen LogP contribution in [0.25, 0.3) is 0 Å². The number of likely N-dealkylation sites (N-methyl/N-ethyl adjacent to an activating group) is 1. The van der Waals surface area contributed by atoms with Gasteiger partial charge >= 0.3 is 5.97 Å². The molecular formula is C13H19N3O2. The smallest absolute Gasteiger partial charge is 0.337 e. The molecule has 98 valence electrons. The molecule has 0 saturated carbocycles. The number of carboxylic acids is 1. The lowest BCUT2D eigenvalue weighted by Crippen LogP contribution is -2.46. The van der Waals surface area contributed by atoms with Gasteiger partial charge in [-0.05, 0) is 25.1 Å². The van der Waals surface area contributed by atoms with Gasteiger partial charge in [-0.15, -0.1) is 0 Å². The van der Waals surface area contributed by atoms with E-state index in [4.69, 9.17) is 5.11 Å². The number of pyridine rings is 1. The highest BCUT2D eigenvalue weighted by Gasteiger charge is 2.18. The summed E-state index contributed by atoms with van der Waals surface area (Å²) in [5.74, 6) is -0.0105. The fraction of sp³-hybridized carbons (Fsp3) is 0.538. The van der Waals surface area contributed by atoms with Crippen LogP contribution in [0.15, 0.2) is 12.3 Å². The number of anilines is 1. The van der Waals surface area contributed by atoms with E-state index in [-0.39, 0.29) is 5.56 Å². The van der Waals surface area contributed by atoms with Gasteiger partial charge in [0.2, 0.25) is 0 Å².